The van der Waals surface area contributed by atoms with Crippen molar-refractivity contribution < 1.29 is 9.90 Å². The molecule has 152 valence electrons. The minimum atomic E-state index is 0.173. The third-order valence-corrected chi connectivity index (χ3v) is 7.15. The average molecular weight is 429 g/mol. The quantitative estimate of drug-likeness (QED) is 0.461. The van der Waals surface area contributed by atoms with Crippen LogP contribution in [0.25, 0.3) is 20.7 Å². The summed E-state index contributed by atoms with van der Waals surface area (Å²) in [7, 11) is 0. The molecular formula is C21H24N4O2S2. The van der Waals surface area contributed by atoms with Gasteiger partial charge in [-0.3, -0.25) is 9.69 Å². The highest BCUT2D eigenvalue weighted by Gasteiger charge is 2.20. The fourth-order valence-electron chi connectivity index (χ4n) is 3.45. The van der Waals surface area contributed by atoms with Gasteiger partial charge in [-0.25, -0.2) is 9.97 Å². The summed E-state index contributed by atoms with van der Waals surface area (Å²) in [6, 6.07) is 12.4. The molecule has 0 unspecified atom stereocenters. The number of benzene rings is 1. The standard InChI is InChI=1S/C21H24N4O2S2/c26-12-11-24-7-9-25(10-8-24)19(27)6-13-28-20-17-14-18(16-4-2-1-3-5-16)29-21(17)23-15-22-20/h1-5,14-15,26H,6-13H2. The van der Waals surface area contributed by atoms with Crippen LogP contribution in [-0.4, -0.2) is 75.9 Å². The molecule has 3 aromatic rings. The van der Waals surface area contributed by atoms with Crippen molar-refractivity contribution in [3.05, 3.63) is 42.7 Å². The molecule has 1 amide bonds. The van der Waals surface area contributed by atoms with E-state index in [0.717, 1.165) is 41.4 Å². The SMILES string of the molecule is O=C(CCSc1ncnc2sc(-c3ccccc3)cc12)N1CCN(CCO)CC1. The van der Waals surface area contributed by atoms with E-state index in [9.17, 15) is 4.79 Å². The molecule has 8 heteroatoms. The Morgan fingerprint density at radius 3 is 2.69 bits per heavy atom. The number of nitrogens with zero attached hydrogens (tertiary/aromatic N) is 4. The molecule has 1 saturated heterocycles. The number of aromatic nitrogens is 2. The predicted molar refractivity (Wildman–Crippen MR) is 118 cm³/mol. The third-order valence-electron chi connectivity index (χ3n) is 5.05. The van der Waals surface area contributed by atoms with E-state index in [2.05, 4.69) is 33.1 Å². The number of hydrogen-bond acceptors (Lipinski definition) is 7. The lowest BCUT2D eigenvalue weighted by molar-refractivity contribution is -0.132. The van der Waals surface area contributed by atoms with Crippen LogP contribution in [0, 0.1) is 0 Å². The zero-order valence-corrected chi connectivity index (χ0v) is 17.8. The van der Waals surface area contributed by atoms with Crippen molar-refractivity contribution in [1.82, 2.24) is 19.8 Å². The molecule has 0 spiro atoms. The Balaban J connectivity index is 1.35. The highest BCUT2D eigenvalue weighted by molar-refractivity contribution is 7.99. The highest BCUT2D eigenvalue weighted by atomic mass is 32.2. The molecule has 4 rings (SSSR count). The number of thiophene rings is 1. The van der Waals surface area contributed by atoms with E-state index < -0.39 is 0 Å². The lowest BCUT2D eigenvalue weighted by atomic mass is 10.2. The van der Waals surface area contributed by atoms with Gasteiger partial charge in [0.05, 0.1) is 6.61 Å². The van der Waals surface area contributed by atoms with Gasteiger partial charge < -0.3 is 10.0 Å². The van der Waals surface area contributed by atoms with Crippen molar-refractivity contribution in [2.75, 3.05) is 45.1 Å². The number of aliphatic hydroxyl groups excluding tert-OH is 1. The van der Waals surface area contributed by atoms with Gasteiger partial charge in [-0.2, -0.15) is 0 Å². The van der Waals surface area contributed by atoms with Gasteiger partial charge in [0.25, 0.3) is 0 Å². The molecule has 1 fully saturated rings. The van der Waals surface area contributed by atoms with E-state index in [4.69, 9.17) is 5.11 Å². The van der Waals surface area contributed by atoms with E-state index in [1.807, 2.05) is 23.1 Å². The molecular weight excluding hydrogens is 404 g/mol. The van der Waals surface area contributed by atoms with Crippen molar-refractivity contribution in [3.63, 3.8) is 0 Å². The lowest BCUT2D eigenvalue weighted by Gasteiger charge is -2.34. The molecule has 0 atom stereocenters. The first-order chi connectivity index (χ1) is 14.2. The van der Waals surface area contributed by atoms with Crippen molar-refractivity contribution in [1.29, 1.82) is 0 Å². The molecule has 1 N–H and O–H groups in total. The van der Waals surface area contributed by atoms with Gasteiger partial charge in [-0.15, -0.1) is 23.1 Å². The van der Waals surface area contributed by atoms with Crippen molar-refractivity contribution >= 4 is 39.2 Å². The van der Waals surface area contributed by atoms with Crippen LogP contribution >= 0.6 is 23.1 Å². The van der Waals surface area contributed by atoms with Crippen molar-refractivity contribution in [2.24, 2.45) is 0 Å². The topological polar surface area (TPSA) is 69.6 Å². The zero-order valence-electron chi connectivity index (χ0n) is 16.2. The minimum absolute atomic E-state index is 0.173. The molecule has 6 nitrogen and oxygen atoms in total. The Morgan fingerprint density at radius 2 is 1.93 bits per heavy atom. The summed E-state index contributed by atoms with van der Waals surface area (Å²) in [4.78, 5) is 27.7. The normalized spacial score (nSPS) is 15.1. The average Bonchev–Trinajstić information content (AvgIpc) is 3.20. The number of fused-ring (bicyclic) bond motifs is 1. The van der Waals surface area contributed by atoms with Gasteiger partial charge in [0.15, 0.2) is 0 Å². The van der Waals surface area contributed by atoms with E-state index in [1.54, 1.807) is 29.4 Å². The van der Waals surface area contributed by atoms with Gasteiger partial charge in [-0.1, -0.05) is 30.3 Å². The van der Waals surface area contributed by atoms with Crippen LogP contribution in [0.4, 0.5) is 0 Å². The van der Waals surface area contributed by atoms with Gasteiger partial charge >= 0.3 is 0 Å². The summed E-state index contributed by atoms with van der Waals surface area (Å²) in [6.45, 7) is 4.02. The number of piperazine rings is 1. The summed E-state index contributed by atoms with van der Waals surface area (Å²) in [5.41, 5.74) is 1.18. The van der Waals surface area contributed by atoms with Crippen LogP contribution in [-0.2, 0) is 4.79 Å². The molecule has 3 heterocycles. The Hall–Kier alpha value is -2.00. The number of thioether (sulfide) groups is 1. The number of carbonyl (C=O) groups excluding carboxylic acids is 1. The first-order valence-corrected chi connectivity index (χ1v) is 11.6. The molecule has 29 heavy (non-hydrogen) atoms. The predicted octanol–water partition coefficient (Wildman–Crippen LogP) is 2.98. The smallest absolute Gasteiger partial charge is 0.223 e. The fourth-order valence-corrected chi connectivity index (χ4v) is 5.42. The fraction of sp³-hybridized carbons (Fsp3) is 0.381. The number of β-amino-alcohol motifs (C(OH)–C–C–N with tert-alkyl or cyclic N) is 1. The summed E-state index contributed by atoms with van der Waals surface area (Å²) in [5, 5.41) is 11.0. The first kappa shape index (κ1) is 20.3. The number of amides is 1. The van der Waals surface area contributed by atoms with Gasteiger partial charge in [0.2, 0.25) is 5.91 Å². The van der Waals surface area contributed by atoms with Crippen LogP contribution in [0.1, 0.15) is 6.42 Å². The molecule has 1 aliphatic rings. The minimum Gasteiger partial charge on any atom is -0.395 e. The maximum absolute atomic E-state index is 12.5. The molecule has 0 aliphatic carbocycles. The highest BCUT2D eigenvalue weighted by Crippen LogP contribution is 2.36. The first-order valence-electron chi connectivity index (χ1n) is 9.78. The van der Waals surface area contributed by atoms with Gasteiger partial charge in [-0.05, 0) is 11.6 Å². The van der Waals surface area contributed by atoms with Crippen LogP contribution in [0.3, 0.4) is 0 Å². The number of rotatable bonds is 7. The molecule has 1 aliphatic heterocycles. The van der Waals surface area contributed by atoms with Crippen LogP contribution in [0.2, 0.25) is 0 Å². The Bertz CT molecular complexity index is 956. The summed E-state index contributed by atoms with van der Waals surface area (Å²) < 4.78 is 0. The Labute approximate surface area is 178 Å². The molecule has 0 saturated carbocycles. The molecule has 2 aromatic heterocycles. The Morgan fingerprint density at radius 1 is 1.14 bits per heavy atom. The molecule has 0 radical (unpaired) electrons. The van der Waals surface area contributed by atoms with E-state index >= 15 is 0 Å². The van der Waals surface area contributed by atoms with Crippen LogP contribution in [0.5, 0.6) is 0 Å². The number of hydrogen-bond donors (Lipinski definition) is 1. The van der Waals surface area contributed by atoms with E-state index in [1.165, 1.54) is 10.4 Å². The maximum atomic E-state index is 12.5. The molecule has 0 bridgehead atoms. The van der Waals surface area contributed by atoms with Crippen LogP contribution in [0.15, 0.2) is 47.8 Å². The third kappa shape index (κ3) is 4.95. The summed E-state index contributed by atoms with van der Waals surface area (Å²) in [6.07, 6.45) is 2.12. The maximum Gasteiger partial charge on any atom is 0.223 e. The van der Waals surface area contributed by atoms with Crippen molar-refractivity contribution in [3.8, 4) is 10.4 Å². The second-order valence-corrected chi connectivity index (χ2v) is 9.03. The summed E-state index contributed by atoms with van der Waals surface area (Å²) in [5.74, 6) is 0.903. The van der Waals surface area contributed by atoms with Crippen LogP contribution < -0.4 is 0 Å². The Kier molecular flexibility index (Phi) is 6.76. The number of aliphatic hydroxyl groups is 1. The lowest BCUT2D eigenvalue weighted by Crippen LogP contribution is -2.49. The number of carbonyl (C=O) groups is 1. The van der Waals surface area contributed by atoms with E-state index in [0.29, 0.717) is 18.7 Å². The second kappa shape index (κ2) is 9.67. The van der Waals surface area contributed by atoms with E-state index in [-0.39, 0.29) is 12.5 Å². The largest absolute Gasteiger partial charge is 0.395 e. The van der Waals surface area contributed by atoms with Gasteiger partial charge in [0.1, 0.15) is 16.2 Å². The monoisotopic (exact) mass is 428 g/mol. The summed E-state index contributed by atoms with van der Waals surface area (Å²) >= 11 is 3.29. The van der Waals surface area contributed by atoms with Crippen molar-refractivity contribution in [2.45, 2.75) is 11.4 Å². The zero-order chi connectivity index (χ0) is 20.1. The molecule has 1 aromatic carbocycles. The second-order valence-electron chi connectivity index (χ2n) is 6.92. The van der Waals surface area contributed by atoms with Gasteiger partial charge in [0, 0.05) is 55.2 Å².